The van der Waals surface area contributed by atoms with Gasteiger partial charge in [0.25, 0.3) is 0 Å². The molecule has 1 aliphatic rings. The van der Waals surface area contributed by atoms with Crippen molar-refractivity contribution < 1.29 is 0 Å². The van der Waals surface area contributed by atoms with Crippen molar-refractivity contribution in [3.63, 3.8) is 0 Å². The van der Waals surface area contributed by atoms with E-state index in [9.17, 15) is 0 Å². The van der Waals surface area contributed by atoms with Crippen LogP contribution in [0.2, 0.25) is 0 Å². The lowest BCUT2D eigenvalue weighted by atomic mass is 10.2. The van der Waals surface area contributed by atoms with E-state index in [1.54, 1.807) is 5.57 Å². The number of rotatable bonds is 1. The van der Waals surface area contributed by atoms with Gasteiger partial charge in [-0.25, -0.2) is 0 Å². The molecule has 0 fully saturated rings. The third-order valence-corrected chi connectivity index (χ3v) is 1.59. The first-order chi connectivity index (χ1) is 5.43. The van der Waals surface area contributed by atoms with E-state index in [4.69, 9.17) is 0 Å². The van der Waals surface area contributed by atoms with Crippen molar-refractivity contribution in [1.29, 1.82) is 0 Å². The normalized spacial score (nSPS) is 13.7. The first-order valence-corrected chi connectivity index (χ1v) is 5.11. The van der Waals surface area contributed by atoms with E-state index >= 15 is 0 Å². The minimum atomic E-state index is 1.28. The van der Waals surface area contributed by atoms with E-state index in [2.05, 4.69) is 13.0 Å². The van der Waals surface area contributed by atoms with Crippen LogP contribution in [0.15, 0.2) is 11.6 Å². The Bertz CT molecular complexity index is 80.0. The molecule has 1 rings (SSSR count). The standard InChI is InChI=1S/C7H12.2C2H6/c1-2-7-5-3-4-6-7;2*1-2/h5H,2-4,6H2,1H3;2*1-2H3. The van der Waals surface area contributed by atoms with Crippen molar-refractivity contribution in [3.05, 3.63) is 11.6 Å². The summed E-state index contributed by atoms with van der Waals surface area (Å²) in [6.45, 7) is 10.2. The lowest BCUT2D eigenvalue weighted by Crippen LogP contribution is -1.68. The molecule has 0 saturated heterocycles. The molecule has 1 aliphatic carbocycles. The minimum Gasteiger partial charge on any atom is -0.0853 e. The Morgan fingerprint density at radius 2 is 1.73 bits per heavy atom. The highest BCUT2D eigenvalue weighted by Crippen LogP contribution is 2.19. The zero-order valence-electron chi connectivity index (χ0n) is 8.91. The lowest BCUT2D eigenvalue weighted by molar-refractivity contribution is 0.879. The third-order valence-electron chi connectivity index (χ3n) is 1.59. The topological polar surface area (TPSA) is 0 Å². The van der Waals surface area contributed by atoms with E-state index in [0.717, 1.165) is 0 Å². The molecule has 0 aromatic heterocycles. The van der Waals surface area contributed by atoms with Crippen molar-refractivity contribution in [1.82, 2.24) is 0 Å². The lowest BCUT2D eigenvalue weighted by Gasteiger charge is -1.88. The molecule has 0 unspecified atom stereocenters. The Morgan fingerprint density at radius 1 is 1.18 bits per heavy atom. The van der Waals surface area contributed by atoms with Gasteiger partial charge in [0.2, 0.25) is 0 Å². The molecule has 0 aromatic carbocycles. The van der Waals surface area contributed by atoms with Crippen LogP contribution < -0.4 is 0 Å². The summed E-state index contributed by atoms with van der Waals surface area (Å²) in [5.74, 6) is 0. The smallest absolute Gasteiger partial charge is 0.0317 e. The van der Waals surface area contributed by atoms with Crippen molar-refractivity contribution in [2.75, 3.05) is 0 Å². The first-order valence-electron chi connectivity index (χ1n) is 5.11. The summed E-state index contributed by atoms with van der Waals surface area (Å²) < 4.78 is 0. The van der Waals surface area contributed by atoms with Gasteiger partial charge in [0.05, 0.1) is 0 Å². The maximum absolute atomic E-state index is 2.38. The Labute approximate surface area is 72.7 Å². The Kier molecular flexibility index (Phi) is 15.1. The molecule has 0 nitrogen and oxygen atoms in total. The highest BCUT2D eigenvalue weighted by molar-refractivity contribution is 5.05. The van der Waals surface area contributed by atoms with Gasteiger partial charge in [0.15, 0.2) is 0 Å². The maximum Gasteiger partial charge on any atom is -0.0317 e. The molecule has 0 N–H and O–H groups in total. The summed E-state index contributed by atoms with van der Waals surface area (Å²) in [5, 5.41) is 0. The molecule has 0 bridgehead atoms. The molecule has 0 aromatic rings. The predicted octanol–water partition coefficient (Wildman–Crippen LogP) is 4.56. The zero-order chi connectivity index (χ0) is 9.11. The SMILES string of the molecule is CC.CC.CCC1=CCCC1. The molecule has 0 spiro atoms. The van der Waals surface area contributed by atoms with Gasteiger partial charge < -0.3 is 0 Å². The molecule has 0 aliphatic heterocycles. The second-order valence-corrected chi connectivity index (χ2v) is 2.11. The second-order valence-electron chi connectivity index (χ2n) is 2.11. The quantitative estimate of drug-likeness (QED) is 0.488. The fourth-order valence-corrected chi connectivity index (χ4v) is 1.06. The summed E-state index contributed by atoms with van der Waals surface area (Å²) in [7, 11) is 0. The largest absolute Gasteiger partial charge is 0.0853 e. The van der Waals surface area contributed by atoms with Gasteiger partial charge in [-0.15, -0.1) is 0 Å². The van der Waals surface area contributed by atoms with Gasteiger partial charge in [0, 0.05) is 0 Å². The highest BCUT2D eigenvalue weighted by atomic mass is 14.0. The van der Waals surface area contributed by atoms with Crippen LogP contribution in [-0.2, 0) is 0 Å². The van der Waals surface area contributed by atoms with E-state index in [-0.39, 0.29) is 0 Å². The molecule has 0 atom stereocenters. The molecular weight excluding hydrogens is 132 g/mol. The van der Waals surface area contributed by atoms with Crippen molar-refractivity contribution in [3.8, 4) is 0 Å². The summed E-state index contributed by atoms with van der Waals surface area (Å²) >= 11 is 0. The average Bonchev–Trinajstić information content (AvgIpc) is 2.63. The van der Waals surface area contributed by atoms with Crippen molar-refractivity contribution in [2.24, 2.45) is 0 Å². The molecule has 0 heteroatoms. The van der Waals surface area contributed by atoms with Crippen LogP contribution >= 0.6 is 0 Å². The van der Waals surface area contributed by atoms with Gasteiger partial charge in [-0.1, -0.05) is 46.3 Å². The zero-order valence-corrected chi connectivity index (χ0v) is 8.91. The van der Waals surface area contributed by atoms with E-state index in [1.807, 2.05) is 27.7 Å². The maximum atomic E-state index is 2.38. The predicted molar refractivity (Wildman–Crippen MR) is 54.9 cm³/mol. The van der Waals surface area contributed by atoms with Crippen LogP contribution in [0, 0.1) is 0 Å². The van der Waals surface area contributed by atoms with Crippen LogP contribution in [0.3, 0.4) is 0 Å². The van der Waals surface area contributed by atoms with E-state index in [1.165, 1.54) is 25.7 Å². The van der Waals surface area contributed by atoms with Gasteiger partial charge in [-0.3, -0.25) is 0 Å². The van der Waals surface area contributed by atoms with E-state index in [0.29, 0.717) is 0 Å². The molecule has 0 amide bonds. The Morgan fingerprint density at radius 3 is 1.91 bits per heavy atom. The monoisotopic (exact) mass is 156 g/mol. The summed E-state index contributed by atoms with van der Waals surface area (Å²) in [5.41, 5.74) is 1.67. The third kappa shape index (κ3) is 7.64. The van der Waals surface area contributed by atoms with Crippen LogP contribution in [0.5, 0.6) is 0 Å². The van der Waals surface area contributed by atoms with Gasteiger partial charge in [-0.05, 0) is 25.7 Å². The van der Waals surface area contributed by atoms with E-state index < -0.39 is 0 Å². The van der Waals surface area contributed by atoms with Crippen molar-refractivity contribution >= 4 is 0 Å². The summed E-state index contributed by atoms with van der Waals surface area (Å²) in [6.07, 6.45) is 7.77. The van der Waals surface area contributed by atoms with Gasteiger partial charge >= 0.3 is 0 Å². The van der Waals surface area contributed by atoms with Crippen LogP contribution in [0.25, 0.3) is 0 Å². The molecule has 0 saturated carbocycles. The van der Waals surface area contributed by atoms with Crippen molar-refractivity contribution in [2.45, 2.75) is 60.3 Å². The Hall–Kier alpha value is -0.260. The average molecular weight is 156 g/mol. The molecule has 68 valence electrons. The number of hydrogen-bond donors (Lipinski definition) is 0. The summed E-state index contributed by atoms with van der Waals surface area (Å²) in [6, 6.07) is 0. The van der Waals surface area contributed by atoms with Crippen LogP contribution in [0.4, 0.5) is 0 Å². The van der Waals surface area contributed by atoms with Gasteiger partial charge in [0.1, 0.15) is 0 Å². The van der Waals surface area contributed by atoms with Crippen LogP contribution in [0.1, 0.15) is 60.3 Å². The highest BCUT2D eigenvalue weighted by Gasteiger charge is 1.99. The van der Waals surface area contributed by atoms with Crippen LogP contribution in [-0.4, -0.2) is 0 Å². The minimum absolute atomic E-state index is 1.28. The fraction of sp³-hybridized carbons (Fsp3) is 0.818. The fourth-order valence-electron chi connectivity index (χ4n) is 1.06. The molecule has 11 heavy (non-hydrogen) atoms. The van der Waals surface area contributed by atoms with Gasteiger partial charge in [-0.2, -0.15) is 0 Å². The molecular formula is C11H24. The second kappa shape index (κ2) is 12.4. The Balaban J connectivity index is 0. The molecule has 0 heterocycles. The molecule has 0 radical (unpaired) electrons. The first kappa shape index (κ1) is 13.3. The summed E-state index contributed by atoms with van der Waals surface area (Å²) in [4.78, 5) is 0. The number of allylic oxidation sites excluding steroid dienone is 2. The number of hydrogen-bond acceptors (Lipinski definition) is 0.